The number of ether oxygens (including phenoxy) is 1. The maximum Gasteiger partial charge on any atom is 0.255 e. The number of halogens is 3. The molecule has 0 bridgehead atoms. The van der Waals surface area contributed by atoms with Crippen LogP contribution in [-0.2, 0) is 4.74 Å². The lowest BCUT2D eigenvalue weighted by molar-refractivity contribution is -0.0167. The van der Waals surface area contributed by atoms with Gasteiger partial charge in [-0.1, -0.05) is 11.6 Å². The second kappa shape index (κ2) is 7.45. The molecule has 7 heteroatoms. The van der Waals surface area contributed by atoms with Gasteiger partial charge in [0, 0.05) is 29.1 Å². The second-order valence-electron chi connectivity index (χ2n) is 4.10. The van der Waals surface area contributed by atoms with Crippen LogP contribution in [0.15, 0.2) is 22.7 Å². The van der Waals surface area contributed by atoms with Gasteiger partial charge in [0.2, 0.25) is 0 Å². The number of carbonyl (C=O) groups is 1. The number of benzene rings is 1. The quantitative estimate of drug-likeness (QED) is 0.870. The maximum absolute atomic E-state index is 12.4. The van der Waals surface area contributed by atoms with Gasteiger partial charge >= 0.3 is 0 Å². The number of rotatable bonds is 2. The molecule has 2 N–H and O–H groups in total. The Bertz CT molecular complexity index is 459. The molecular weight excluding hydrogens is 355 g/mol. The summed E-state index contributed by atoms with van der Waals surface area (Å²) in [4.78, 5) is 14.1. The van der Waals surface area contributed by atoms with Crippen LogP contribution in [0.1, 0.15) is 10.4 Å². The fourth-order valence-corrected chi connectivity index (χ4v) is 2.47. The van der Waals surface area contributed by atoms with Gasteiger partial charge in [-0.15, -0.1) is 12.4 Å². The van der Waals surface area contributed by atoms with Crippen molar-refractivity contribution in [1.29, 1.82) is 0 Å². The lowest BCUT2D eigenvalue weighted by atomic mass is 10.1. The molecule has 4 nitrogen and oxygen atoms in total. The van der Waals surface area contributed by atoms with E-state index in [1.54, 1.807) is 23.1 Å². The van der Waals surface area contributed by atoms with Crippen LogP contribution in [0.2, 0.25) is 5.02 Å². The van der Waals surface area contributed by atoms with Crippen LogP contribution in [0.5, 0.6) is 0 Å². The zero-order chi connectivity index (χ0) is 13.1. The Morgan fingerprint density at radius 2 is 2.32 bits per heavy atom. The van der Waals surface area contributed by atoms with E-state index in [2.05, 4.69) is 15.9 Å². The first-order chi connectivity index (χ1) is 8.61. The average molecular weight is 370 g/mol. The van der Waals surface area contributed by atoms with E-state index in [1.807, 2.05) is 0 Å². The Morgan fingerprint density at radius 3 is 3.00 bits per heavy atom. The van der Waals surface area contributed by atoms with Gasteiger partial charge in [-0.25, -0.2) is 0 Å². The van der Waals surface area contributed by atoms with Crippen molar-refractivity contribution < 1.29 is 9.53 Å². The molecule has 1 amide bonds. The molecule has 1 heterocycles. The summed E-state index contributed by atoms with van der Waals surface area (Å²) in [6.45, 7) is 2.04. The summed E-state index contributed by atoms with van der Waals surface area (Å²) in [5.41, 5.74) is 6.13. The van der Waals surface area contributed by atoms with E-state index >= 15 is 0 Å². The minimum atomic E-state index is -0.0827. The van der Waals surface area contributed by atoms with Gasteiger partial charge in [-0.2, -0.15) is 0 Å². The Balaban J connectivity index is 0.00000180. The number of carbonyl (C=O) groups excluding carboxylic acids is 1. The molecular formula is C12H15BrCl2N2O2. The lowest BCUT2D eigenvalue weighted by Gasteiger charge is -2.32. The van der Waals surface area contributed by atoms with Crippen molar-refractivity contribution in [2.45, 2.75) is 6.10 Å². The highest BCUT2D eigenvalue weighted by molar-refractivity contribution is 9.10. The normalized spacial score (nSPS) is 18.9. The number of hydrogen-bond donors (Lipinski definition) is 1. The van der Waals surface area contributed by atoms with E-state index in [0.717, 1.165) is 4.47 Å². The van der Waals surface area contributed by atoms with E-state index in [1.165, 1.54) is 0 Å². The Morgan fingerprint density at radius 1 is 1.58 bits per heavy atom. The molecule has 1 aliphatic heterocycles. The molecule has 19 heavy (non-hydrogen) atoms. The molecule has 1 unspecified atom stereocenters. The van der Waals surface area contributed by atoms with Gasteiger partial charge in [0.25, 0.3) is 5.91 Å². The molecule has 1 atom stereocenters. The third-order valence-corrected chi connectivity index (χ3v) is 3.77. The number of hydrogen-bond acceptors (Lipinski definition) is 3. The maximum atomic E-state index is 12.4. The largest absolute Gasteiger partial charge is 0.373 e. The molecule has 0 aromatic heterocycles. The molecule has 106 valence electrons. The van der Waals surface area contributed by atoms with Gasteiger partial charge in [0.05, 0.1) is 18.3 Å². The minimum absolute atomic E-state index is 0. The fourth-order valence-electron chi connectivity index (χ4n) is 1.88. The number of nitrogens with two attached hydrogens (primary N) is 1. The first-order valence-electron chi connectivity index (χ1n) is 5.68. The van der Waals surface area contributed by atoms with Crippen LogP contribution < -0.4 is 5.73 Å². The van der Waals surface area contributed by atoms with E-state index in [9.17, 15) is 4.79 Å². The number of morpholine rings is 1. The summed E-state index contributed by atoms with van der Waals surface area (Å²) in [7, 11) is 0. The summed E-state index contributed by atoms with van der Waals surface area (Å²) in [5, 5.41) is 0.546. The van der Waals surface area contributed by atoms with Crippen molar-refractivity contribution in [3.63, 3.8) is 0 Å². The Labute approximate surface area is 131 Å². The zero-order valence-corrected chi connectivity index (χ0v) is 13.3. The van der Waals surface area contributed by atoms with Crippen molar-refractivity contribution in [1.82, 2.24) is 4.90 Å². The number of nitrogens with zero attached hydrogens (tertiary/aromatic N) is 1. The summed E-state index contributed by atoms with van der Waals surface area (Å²) in [6, 6.07) is 5.18. The van der Waals surface area contributed by atoms with Crippen LogP contribution in [0.25, 0.3) is 0 Å². The van der Waals surface area contributed by atoms with Crippen LogP contribution in [0, 0.1) is 0 Å². The third kappa shape index (κ3) is 4.07. The van der Waals surface area contributed by atoms with Crippen LogP contribution in [0.3, 0.4) is 0 Å². The minimum Gasteiger partial charge on any atom is -0.373 e. The lowest BCUT2D eigenvalue weighted by Crippen LogP contribution is -2.48. The molecule has 0 radical (unpaired) electrons. The highest BCUT2D eigenvalue weighted by Gasteiger charge is 2.25. The van der Waals surface area contributed by atoms with E-state index in [0.29, 0.717) is 36.8 Å². The zero-order valence-electron chi connectivity index (χ0n) is 10.1. The van der Waals surface area contributed by atoms with Gasteiger partial charge in [0.15, 0.2) is 0 Å². The highest BCUT2D eigenvalue weighted by atomic mass is 79.9. The second-order valence-corrected chi connectivity index (χ2v) is 5.39. The summed E-state index contributed by atoms with van der Waals surface area (Å²) >= 11 is 9.29. The van der Waals surface area contributed by atoms with Gasteiger partial charge in [-0.05, 0) is 34.1 Å². The molecule has 0 aliphatic carbocycles. The van der Waals surface area contributed by atoms with E-state index < -0.39 is 0 Å². The monoisotopic (exact) mass is 368 g/mol. The molecule has 0 spiro atoms. The summed E-state index contributed by atoms with van der Waals surface area (Å²) < 4.78 is 6.18. The first kappa shape index (κ1) is 16.7. The SMILES string of the molecule is Cl.NCC1CN(C(=O)c2cc(Cl)ccc2Br)CCO1. The molecule has 0 saturated carbocycles. The first-order valence-corrected chi connectivity index (χ1v) is 6.85. The predicted molar refractivity (Wildman–Crippen MR) is 81.1 cm³/mol. The molecule has 1 aliphatic rings. The Kier molecular flexibility index (Phi) is 6.56. The standard InChI is InChI=1S/C12H14BrClN2O2.ClH/c13-11-2-1-8(14)5-10(11)12(17)16-3-4-18-9(6-15)7-16;/h1-2,5,9H,3-4,6-7,15H2;1H. The smallest absolute Gasteiger partial charge is 0.255 e. The molecule has 1 fully saturated rings. The van der Waals surface area contributed by atoms with Crippen molar-refractivity contribution >= 4 is 45.8 Å². The van der Waals surface area contributed by atoms with Crippen molar-refractivity contribution in [3.05, 3.63) is 33.3 Å². The average Bonchev–Trinajstić information content (AvgIpc) is 2.41. The molecule has 1 aromatic carbocycles. The predicted octanol–water partition coefficient (Wildman–Crippen LogP) is 2.32. The fraction of sp³-hybridized carbons (Fsp3) is 0.417. The summed E-state index contributed by atoms with van der Waals surface area (Å²) in [5.74, 6) is -0.0499. The van der Waals surface area contributed by atoms with E-state index in [-0.39, 0.29) is 24.4 Å². The highest BCUT2D eigenvalue weighted by Crippen LogP contribution is 2.23. The molecule has 1 saturated heterocycles. The van der Waals surface area contributed by atoms with Crippen molar-refractivity contribution in [3.8, 4) is 0 Å². The summed E-state index contributed by atoms with van der Waals surface area (Å²) in [6.07, 6.45) is -0.0827. The van der Waals surface area contributed by atoms with Crippen LogP contribution in [0.4, 0.5) is 0 Å². The number of amides is 1. The molecule has 1 aromatic rings. The van der Waals surface area contributed by atoms with Gasteiger partial charge < -0.3 is 15.4 Å². The molecule has 2 rings (SSSR count). The van der Waals surface area contributed by atoms with Crippen molar-refractivity contribution in [2.75, 3.05) is 26.2 Å². The topological polar surface area (TPSA) is 55.6 Å². The van der Waals surface area contributed by atoms with E-state index in [4.69, 9.17) is 22.1 Å². The van der Waals surface area contributed by atoms with Crippen LogP contribution in [-0.4, -0.2) is 43.2 Å². The van der Waals surface area contributed by atoms with Gasteiger partial charge in [0.1, 0.15) is 0 Å². The van der Waals surface area contributed by atoms with Gasteiger partial charge in [-0.3, -0.25) is 4.79 Å². The third-order valence-electron chi connectivity index (χ3n) is 2.85. The van der Waals surface area contributed by atoms with Crippen LogP contribution >= 0.6 is 39.9 Å². The van der Waals surface area contributed by atoms with Crippen molar-refractivity contribution in [2.24, 2.45) is 5.73 Å². The Hall–Kier alpha value is -0.330.